The van der Waals surface area contributed by atoms with Crippen molar-refractivity contribution in [1.29, 1.82) is 0 Å². The van der Waals surface area contributed by atoms with Crippen LogP contribution in [0.3, 0.4) is 0 Å². The van der Waals surface area contributed by atoms with Crippen molar-refractivity contribution in [3.63, 3.8) is 0 Å². The summed E-state index contributed by atoms with van der Waals surface area (Å²) in [5.41, 5.74) is 3.80. The Kier molecular flexibility index (Phi) is 7.23. The molecule has 0 bridgehead atoms. The van der Waals surface area contributed by atoms with Crippen LogP contribution in [-0.4, -0.2) is 72.2 Å². The Hall–Kier alpha value is -1.58. The van der Waals surface area contributed by atoms with E-state index in [0.717, 1.165) is 12.2 Å². The molecule has 0 aromatic heterocycles. The van der Waals surface area contributed by atoms with Crippen LogP contribution in [0.5, 0.6) is 0 Å². The summed E-state index contributed by atoms with van der Waals surface area (Å²) < 4.78 is 10.8. The van der Waals surface area contributed by atoms with Gasteiger partial charge in [0.2, 0.25) is 5.91 Å². The molecule has 0 radical (unpaired) electrons. The quantitative estimate of drug-likeness (QED) is 0.472. The number of hydrogen-bond acceptors (Lipinski definition) is 7. The van der Waals surface area contributed by atoms with Crippen molar-refractivity contribution in [3.05, 3.63) is 41.0 Å². The van der Waals surface area contributed by atoms with Gasteiger partial charge >= 0.3 is 0 Å². The average molecular weight is 461 g/mol. The fourth-order valence-corrected chi connectivity index (χ4v) is 6.22. The number of carbonyl (C=O) groups is 2. The van der Waals surface area contributed by atoms with Gasteiger partial charge in [-0.15, -0.1) is 11.8 Å². The van der Waals surface area contributed by atoms with Gasteiger partial charge < -0.3 is 19.7 Å². The zero-order valence-corrected chi connectivity index (χ0v) is 19.5. The monoisotopic (exact) mass is 460 g/mol. The van der Waals surface area contributed by atoms with Gasteiger partial charge in [-0.1, -0.05) is 48.1 Å². The van der Waals surface area contributed by atoms with E-state index in [1.807, 2.05) is 12.1 Å². The van der Waals surface area contributed by atoms with Crippen molar-refractivity contribution < 1.29 is 19.1 Å². The van der Waals surface area contributed by atoms with E-state index in [1.165, 1.54) is 16.7 Å². The highest BCUT2D eigenvalue weighted by atomic mass is 32.2. The van der Waals surface area contributed by atoms with Crippen molar-refractivity contribution in [1.82, 2.24) is 10.2 Å². The van der Waals surface area contributed by atoms with Crippen LogP contribution in [0, 0.1) is 5.92 Å². The highest BCUT2D eigenvalue weighted by Gasteiger charge is 2.46. The second kappa shape index (κ2) is 9.92. The Bertz CT molecular complexity index is 899. The molecule has 3 atom stereocenters. The summed E-state index contributed by atoms with van der Waals surface area (Å²) in [5.74, 6) is 0.692. The first-order valence-electron chi connectivity index (χ1n) is 10.5. The number of amides is 1. The fraction of sp³-hybridized carbons (Fsp3) is 0.522. The number of ether oxygens (including phenoxy) is 2. The molecule has 8 heteroatoms. The molecule has 2 saturated heterocycles. The predicted octanol–water partition coefficient (Wildman–Crippen LogP) is 2.45. The summed E-state index contributed by atoms with van der Waals surface area (Å²) in [6, 6.07) is 7.52. The van der Waals surface area contributed by atoms with Gasteiger partial charge in [0.25, 0.3) is 0 Å². The van der Waals surface area contributed by atoms with Crippen molar-refractivity contribution >= 4 is 46.6 Å². The molecular weight excluding hydrogens is 432 g/mol. The molecule has 1 unspecified atom stereocenters. The van der Waals surface area contributed by atoms with Crippen molar-refractivity contribution in [3.8, 4) is 0 Å². The average Bonchev–Trinajstić information content (AvgIpc) is 3.50. The lowest BCUT2D eigenvalue weighted by atomic mass is 9.90. The SMILES string of the molecule is COC(OC)[C@@H]1CSCN1C(=O)[C@H]1NCC(=S)C1C(=O)CCC1=Cc2ccccc2C1. The lowest BCUT2D eigenvalue weighted by Crippen LogP contribution is -2.53. The van der Waals surface area contributed by atoms with Gasteiger partial charge in [-0.05, 0) is 24.0 Å². The van der Waals surface area contributed by atoms with Gasteiger partial charge in [-0.25, -0.2) is 0 Å². The lowest BCUT2D eigenvalue weighted by molar-refractivity contribution is -0.157. The third kappa shape index (κ3) is 4.64. The molecule has 6 nitrogen and oxygen atoms in total. The van der Waals surface area contributed by atoms with E-state index in [4.69, 9.17) is 21.7 Å². The van der Waals surface area contributed by atoms with Crippen LogP contribution in [0.2, 0.25) is 0 Å². The van der Waals surface area contributed by atoms with Crippen LogP contribution >= 0.6 is 24.0 Å². The van der Waals surface area contributed by atoms with E-state index >= 15 is 0 Å². The van der Waals surface area contributed by atoms with E-state index in [1.54, 1.807) is 30.9 Å². The van der Waals surface area contributed by atoms with Gasteiger partial charge in [-0.2, -0.15) is 0 Å². The summed E-state index contributed by atoms with van der Waals surface area (Å²) in [7, 11) is 3.15. The van der Waals surface area contributed by atoms with Gasteiger partial charge in [0.1, 0.15) is 11.8 Å². The first kappa shape index (κ1) is 22.6. The first-order valence-corrected chi connectivity index (χ1v) is 12.1. The molecule has 166 valence electrons. The third-order valence-corrected chi connectivity index (χ3v) is 7.73. The summed E-state index contributed by atoms with van der Waals surface area (Å²) in [6.07, 6.45) is 3.68. The molecule has 3 aliphatic rings. The molecule has 2 fully saturated rings. The zero-order valence-electron chi connectivity index (χ0n) is 17.8. The van der Waals surface area contributed by atoms with Gasteiger partial charge in [0.05, 0.1) is 17.8 Å². The summed E-state index contributed by atoms with van der Waals surface area (Å²) in [4.78, 5) is 28.9. The van der Waals surface area contributed by atoms with Crippen LogP contribution in [0.1, 0.15) is 24.0 Å². The number of ketones is 1. The Morgan fingerprint density at radius 2 is 2.06 bits per heavy atom. The maximum atomic E-state index is 13.4. The molecule has 1 N–H and O–H groups in total. The molecule has 31 heavy (non-hydrogen) atoms. The normalized spacial score (nSPS) is 25.3. The maximum Gasteiger partial charge on any atom is 0.241 e. The molecule has 1 amide bonds. The molecular formula is C23H28N2O4S2. The van der Waals surface area contributed by atoms with E-state index < -0.39 is 18.2 Å². The minimum Gasteiger partial charge on any atom is -0.354 e. The number of allylic oxidation sites excluding steroid dienone is 1. The standard InChI is InChI=1S/C23H28N2O4S2/c1-28-23(29-2)17-12-31-13-25(17)22(27)21-20(19(30)11-24-21)18(26)8-7-14-9-15-5-3-4-6-16(15)10-14/h3-6,9,17,20-21,23-24H,7-8,10-13H2,1-2H3/t17-,20?,21-/m0/s1. The van der Waals surface area contributed by atoms with Gasteiger partial charge in [-0.3, -0.25) is 9.59 Å². The smallest absolute Gasteiger partial charge is 0.241 e. The molecule has 2 heterocycles. The first-order chi connectivity index (χ1) is 15.0. The number of thiocarbonyl (C=S) groups is 1. The van der Waals surface area contributed by atoms with E-state index in [0.29, 0.717) is 30.1 Å². The lowest BCUT2D eigenvalue weighted by Gasteiger charge is -2.31. The minimum absolute atomic E-state index is 0.0450. The second-order valence-corrected chi connectivity index (χ2v) is 9.69. The van der Waals surface area contributed by atoms with Crippen LogP contribution < -0.4 is 5.32 Å². The number of nitrogens with one attached hydrogen (secondary N) is 1. The summed E-state index contributed by atoms with van der Waals surface area (Å²) in [6.45, 7) is 0.417. The Balaban J connectivity index is 1.41. The fourth-order valence-electron chi connectivity index (χ4n) is 4.67. The number of rotatable bonds is 8. The molecule has 1 aromatic rings. The number of nitrogens with zero attached hydrogens (tertiary/aromatic N) is 1. The van der Waals surface area contributed by atoms with Crippen LogP contribution in [0.25, 0.3) is 6.08 Å². The Labute approximate surface area is 192 Å². The molecule has 2 aliphatic heterocycles. The van der Waals surface area contributed by atoms with Gasteiger partial charge in [0.15, 0.2) is 6.29 Å². The third-order valence-electron chi connectivity index (χ3n) is 6.30. The molecule has 0 saturated carbocycles. The number of thioether (sulfide) groups is 1. The number of methoxy groups -OCH3 is 2. The minimum atomic E-state index is -0.606. The highest BCUT2D eigenvalue weighted by Crippen LogP contribution is 2.30. The molecule has 1 aromatic carbocycles. The van der Waals surface area contributed by atoms with Crippen molar-refractivity contribution in [2.75, 3.05) is 32.4 Å². The van der Waals surface area contributed by atoms with Crippen molar-refractivity contribution in [2.45, 2.75) is 37.6 Å². The highest BCUT2D eigenvalue weighted by molar-refractivity contribution is 7.99. The second-order valence-electron chi connectivity index (χ2n) is 8.16. The van der Waals surface area contributed by atoms with Crippen LogP contribution in [-0.2, 0) is 25.5 Å². The predicted molar refractivity (Wildman–Crippen MR) is 126 cm³/mol. The largest absolute Gasteiger partial charge is 0.354 e. The summed E-state index contributed by atoms with van der Waals surface area (Å²) >= 11 is 7.16. The van der Waals surface area contributed by atoms with Gasteiger partial charge in [0, 0.05) is 37.8 Å². The number of Topliss-reactive ketones (excluding diaryl/α,β-unsaturated/α-hetero) is 1. The number of carbonyl (C=O) groups excluding carboxylic acids is 2. The Morgan fingerprint density at radius 1 is 1.29 bits per heavy atom. The van der Waals surface area contributed by atoms with Crippen molar-refractivity contribution in [2.24, 2.45) is 5.92 Å². The Morgan fingerprint density at radius 3 is 2.81 bits per heavy atom. The maximum absolute atomic E-state index is 13.4. The van der Waals surface area contributed by atoms with E-state index in [9.17, 15) is 9.59 Å². The number of benzene rings is 1. The number of hydrogen-bond donors (Lipinski definition) is 1. The topological polar surface area (TPSA) is 67.9 Å². The van der Waals surface area contributed by atoms with Crippen LogP contribution in [0.4, 0.5) is 0 Å². The molecule has 1 aliphatic carbocycles. The van der Waals surface area contributed by atoms with E-state index in [-0.39, 0.29) is 17.7 Å². The molecule has 4 rings (SSSR count). The van der Waals surface area contributed by atoms with Crippen LogP contribution in [0.15, 0.2) is 29.8 Å². The number of fused-ring (bicyclic) bond motifs is 1. The molecule has 0 spiro atoms. The van der Waals surface area contributed by atoms with E-state index in [2.05, 4.69) is 23.5 Å². The zero-order chi connectivity index (χ0) is 22.0. The summed E-state index contributed by atoms with van der Waals surface area (Å²) in [5, 5.41) is 3.19.